The number of unbranched alkanes of at least 4 members (excludes halogenated alkanes) is 21. The van der Waals surface area contributed by atoms with Gasteiger partial charge in [-0.2, -0.15) is 23.5 Å². The Kier molecular flexibility index (Phi) is 43.4. The number of hydrogen-bond acceptors (Lipinski definition) is 9. The lowest BCUT2D eigenvalue weighted by molar-refractivity contribution is -0.168. The maximum atomic E-state index is 12.8. The van der Waals surface area contributed by atoms with Crippen LogP contribution < -0.4 is 5.32 Å². The van der Waals surface area contributed by atoms with Gasteiger partial charge in [0, 0.05) is 19.6 Å². The van der Waals surface area contributed by atoms with E-state index in [1.165, 1.54) is 141 Å². The van der Waals surface area contributed by atoms with Gasteiger partial charge in [0.1, 0.15) is 24.3 Å². The number of ether oxygens (including phenoxy) is 2. The summed E-state index contributed by atoms with van der Waals surface area (Å²) in [5.41, 5.74) is 0. The van der Waals surface area contributed by atoms with Gasteiger partial charge in [-0.3, -0.25) is 14.5 Å². The summed E-state index contributed by atoms with van der Waals surface area (Å²) in [5.74, 6) is 1.85. The lowest BCUT2D eigenvalue weighted by Gasteiger charge is -2.39. The molecule has 2 aliphatic rings. The van der Waals surface area contributed by atoms with E-state index in [1.807, 2.05) is 0 Å². The fourth-order valence-electron chi connectivity index (χ4n) is 7.85. The highest BCUT2D eigenvalue weighted by Gasteiger charge is 2.36. The first-order valence-electron chi connectivity index (χ1n) is 23.4. The van der Waals surface area contributed by atoms with Crippen molar-refractivity contribution in [1.29, 1.82) is 0 Å². The predicted molar refractivity (Wildman–Crippen MR) is 254 cm³/mol. The summed E-state index contributed by atoms with van der Waals surface area (Å²) >= 11 is 3.55. The molecule has 342 valence electrons. The van der Waals surface area contributed by atoms with E-state index in [4.69, 9.17) is 9.47 Å². The van der Waals surface area contributed by atoms with Gasteiger partial charge in [0.25, 0.3) is 0 Å². The molecule has 0 aromatic carbocycles. The number of thioether (sulfide) groups is 2. The molecular formula is C48H98N2O5S2. The maximum Gasteiger partial charge on any atom is 0.323 e. The SMILES string of the molecule is C.C.CCCCCCCCCCC(O)CN1CC(CCCCCCCCCC)OC(=O)C1CCSC.CCCCCCCCCCC1CNC(CCSC)C(=O)O1. The van der Waals surface area contributed by atoms with Crippen molar-refractivity contribution in [1.82, 2.24) is 10.2 Å². The summed E-state index contributed by atoms with van der Waals surface area (Å²) in [6.07, 6.45) is 39.7. The monoisotopic (exact) mass is 847 g/mol. The van der Waals surface area contributed by atoms with Crippen molar-refractivity contribution in [3.05, 3.63) is 0 Å². The number of hydrogen-bond donors (Lipinski definition) is 2. The molecule has 2 rings (SSSR count). The van der Waals surface area contributed by atoms with E-state index in [0.717, 1.165) is 69.5 Å². The Labute approximate surface area is 364 Å². The summed E-state index contributed by atoms with van der Waals surface area (Å²) in [6, 6.07) is -0.261. The second-order valence-corrected chi connectivity index (χ2v) is 18.5. The Morgan fingerprint density at radius 3 is 1.49 bits per heavy atom. The van der Waals surface area contributed by atoms with Gasteiger partial charge in [-0.25, -0.2) is 0 Å². The Hall–Kier alpha value is -0.480. The predicted octanol–water partition coefficient (Wildman–Crippen LogP) is 13.2. The summed E-state index contributed by atoms with van der Waals surface area (Å²) in [7, 11) is 0. The van der Waals surface area contributed by atoms with Crippen LogP contribution in [0.15, 0.2) is 0 Å². The number of carbonyl (C=O) groups excluding carboxylic acids is 2. The molecule has 0 saturated carbocycles. The molecule has 7 nitrogen and oxygen atoms in total. The van der Waals surface area contributed by atoms with Gasteiger partial charge in [-0.15, -0.1) is 0 Å². The molecule has 0 aromatic heterocycles. The molecule has 0 bridgehead atoms. The zero-order valence-electron chi connectivity index (χ0n) is 36.8. The van der Waals surface area contributed by atoms with Gasteiger partial charge in [0.2, 0.25) is 0 Å². The minimum absolute atomic E-state index is 0. The summed E-state index contributed by atoms with van der Waals surface area (Å²) < 4.78 is 11.4. The van der Waals surface area contributed by atoms with E-state index in [2.05, 4.69) is 43.5 Å². The average Bonchev–Trinajstić information content (AvgIpc) is 3.17. The van der Waals surface area contributed by atoms with Crippen LogP contribution in [0, 0.1) is 0 Å². The van der Waals surface area contributed by atoms with E-state index < -0.39 is 0 Å². The Bertz CT molecular complexity index is 882. The number of morpholine rings is 2. The van der Waals surface area contributed by atoms with Crippen molar-refractivity contribution >= 4 is 35.5 Å². The summed E-state index contributed by atoms with van der Waals surface area (Å²) in [4.78, 5) is 26.9. The Morgan fingerprint density at radius 2 is 1.02 bits per heavy atom. The molecule has 0 aromatic rings. The largest absolute Gasteiger partial charge is 0.460 e. The summed E-state index contributed by atoms with van der Waals surface area (Å²) in [6.45, 7) is 9.00. The maximum absolute atomic E-state index is 12.8. The number of esters is 2. The van der Waals surface area contributed by atoms with E-state index >= 15 is 0 Å². The first-order chi connectivity index (χ1) is 26.9. The van der Waals surface area contributed by atoms with E-state index in [9.17, 15) is 14.7 Å². The molecule has 5 unspecified atom stereocenters. The van der Waals surface area contributed by atoms with Crippen molar-refractivity contribution in [2.45, 2.75) is 252 Å². The molecule has 2 heterocycles. The lowest BCUT2D eigenvalue weighted by Crippen LogP contribution is -2.54. The highest BCUT2D eigenvalue weighted by Crippen LogP contribution is 2.23. The quantitative estimate of drug-likeness (QED) is 0.0478. The van der Waals surface area contributed by atoms with Crippen LogP contribution in [-0.2, 0) is 19.1 Å². The van der Waals surface area contributed by atoms with Crippen LogP contribution in [0.2, 0.25) is 0 Å². The molecule has 57 heavy (non-hydrogen) atoms. The smallest absolute Gasteiger partial charge is 0.323 e. The van der Waals surface area contributed by atoms with Crippen molar-refractivity contribution in [2.75, 3.05) is 43.7 Å². The number of aliphatic hydroxyl groups is 1. The minimum Gasteiger partial charge on any atom is -0.460 e. The zero-order chi connectivity index (χ0) is 40.2. The van der Waals surface area contributed by atoms with Crippen LogP contribution in [0.4, 0.5) is 0 Å². The van der Waals surface area contributed by atoms with Crippen LogP contribution in [-0.4, -0.2) is 96.0 Å². The van der Waals surface area contributed by atoms with Gasteiger partial charge in [-0.05, 0) is 69.0 Å². The highest BCUT2D eigenvalue weighted by atomic mass is 32.2. The topological polar surface area (TPSA) is 88.1 Å². The Morgan fingerprint density at radius 1 is 0.596 bits per heavy atom. The van der Waals surface area contributed by atoms with Crippen molar-refractivity contribution in [3.8, 4) is 0 Å². The normalized spacial score (nSPS) is 20.1. The third-order valence-electron chi connectivity index (χ3n) is 11.4. The molecule has 5 atom stereocenters. The molecule has 2 fully saturated rings. The van der Waals surface area contributed by atoms with E-state index in [1.54, 1.807) is 23.5 Å². The Balaban J connectivity index is 0. The standard InChI is InChI=1S/C29H57NO3S.C17H33NO2S.2CH4/c1-4-6-8-10-12-14-16-18-20-26(31)24-30-25-27(33-29(32)28(30)22-23-34-3)21-19-17-15-13-11-9-7-5-2;1-3-4-5-6-7-8-9-10-11-15-14-18-16(12-13-21-2)17(19)20-15;;/h26-28,31H,4-25H2,1-3H3;15-16,18H,3-14H2,1-2H3;2*1H4. The number of aliphatic hydroxyl groups excluding tert-OH is 1. The van der Waals surface area contributed by atoms with Crippen molar-refractivity contribution < 1.29 is 24.2 Å². The van der Waals surface area contributed by atoms with Crippen LogP contribution in [0.25, 0.3) is 0 Å². The average molecular weight is 847 g/mol. The van der Waals surface area contributed by atoms with Crippen LogP contribution >= 0.6 is 23.5 Å². The third kappa shape index (κ3) is 32.0. The summed E-state index contributed by atoms with van der Waals surface area (Å²) in [5, 5.41) is 14.1. The van der Waals surface area contributed by atoms with E-state index in [-0.39, 0.29) is 57.2 Å². The zero-order valence-corrected chi connectivity index (χ0v) is 38.4. The van der Waals surface area contributed by atoms with Gasteiger partial charge in [0.15, 0.2) is 0 Å². The number of β-amino-alcohol motifs (C(OH)–C–C–N with tert-alkyl or cyclic N) is 1. The second kappa shape index (κ2) is 42.2. The van der Waals surface area contributed by atoms with Gasteiger partial charge >= 0.3 is 11.9 Å². The molecule has 2 saturated heterocycles. The van der Waals surface area contributed by atoms with Crippen molar-refractivity contribution in [3.63, 3.8) is 0 Å². The van der Waals surface area contributed by atoms with E-state index in [0.29, 0.717) is 6.54 Å². The molecule has 2 N–H and O–H groups in total. The molecular weight excluding hydrogens is 749 g/mol. The van der Waals surface area contributed by atoms with Crippen molar-refractivity contribution in [2.24, 2.45) is 0 Å². The lowest BCUT2D eigenvalue weighted by atomic mass is 10.0. The van der Waals surface area contributed by atoms with Gasteiger partial charge in [-0.1, -0.05) is 177 Å². The number of rotatable bonds is 35. The third-order valence-corrected chi connectivity index (χ3v) is 12.7. The minimum atomic E-state index is -0.341. The molecule has 0 spiro atoms. The molecule has 0 amide bonds. The number of cyclic esters (lactones) is 2. The fourth-order valence-corrected chi connectivity index (χ4v) is 8.78. The highest BCUT2D eigenvalue weighted by molar-refractivity contribution is 7.98. The number of carbonyl (C=O) groups is 2. The molecule has 9 heteroatoms. The van der Waals surface area contributed by atoms with Crippen LogP contribution in [0.3, 0.4) is 0 Å². The first-order valence-corrected chi connectivity index (χ1v) is 26.2. The number of nitrogens with zero attached hydrogens (tertiary/aromatic N) is 1. The fraction of sp³-hybridized carbons (Fsp3) is 0.958. The molecule has 2 aliphatic heterocycles. The first kappa shape index (κ1) is 58.6. The van der Waals surface area contributed by atoms with Gasteiger partial charge in [0.05, 0.1) is 6.10 Å². The molecule has 0 radical (unpaired) electrons. The number of nitrogens with one attached hydrogen (secondary N) is 1. The molecule has 0 aliphatic carbocycles. The second-order valence-electron chi connectivity index (χ2n) is 16.6. The van der Waals surface area contributed by atoms with Gasteiger partial charge < -0.3 is 19.9 Å². The van der Waals surface area contributed by atoms with Crippen LogP contribution in [0.1, 0.15) is 222 Å². The van der Waals surface area contributed by atoms with Crippen LogP contribution in [0.5, 0.6) is 0 Å².